The average Bonchev–Trinajstić information content (AvgIpc) is 3.32. The zero-order valence-electron chi connectivity index (χ0n) is 28.1. The molecule has 0 bridgehead atoms. The first-order valence-electron chi connectivity index (χ1n) is 16.2. The predicted octanol–water partition coefficient (Wildman–Crippen LogP) is 5.28. The van der Waals surface area contributed by atoms with E-state index in [1.165, 1.54) is 11.1 Å². The Balaban J connectivity index is 0.000000321. The Morgan fingerprint density at radius 2 is 1.24 bits per heavy atom. The first-order chi connectivity index (χ1) is 21.7. The lowest BCUT2D eigenvalue weighted by Crippen LogP contribution is -2.33. The standard InChI is InChI=1S/C19H30N2O3.C17H21NO4/c1-13(2)12-15-7-9-16(10-8-15)14(3)18(22)21-11-5-4-6-17(20)19(23)24;1-11(2)10-13-4-6-14(7-5-13)12(3)17(21)22-18-15(19)8-9-16(18)20/h7-10,13-14,17H,4-6,11-12,20H2,1-3H3,(H,21,22)(H,23,24);4-7,11-12H,8-10H2,1-3H3. The molecule has 4 N–H and O–H groups in total. The Kier molecular flexibility index (Phi) is 15.6. The van der Waals surface area contributed by atoms with Crippen molar-refractivity contribution in [1.29, 1.82) is 0 Å². The van der Waals surface area contributed by atoms with Gasteiger partial charge in [0.2, 0.25) is 5.91 Å². The molecule has 252 valence electrons. The van der Waals surface area contributed by atoms with E-state index >= 15 is 0 Å². The van der Waals surface area contributed by atoms with Crippen LogP contribution in [0.2, 0.25) is 0 Å². The number of nitrogens with zero attached hydrogens (tertiary/aromatic N) is 1. The van der Waals surface area contributed by atoms with Gasteiger partial charge in [0.05, 0.1) is 11.8 Å². The molecule has 3 amide bonds. The molecular weight excluding hydrogens is 586 g/mol. The number of aliphatic carboxylic acids is 1. The molecule has 3 atom stereocenters. The number of hydroxylamine groups is 2. The second-order valence-corrected chi connectivity index (χ2v) is 12.8. The maximum absolute atomic E-state index is 12.2. The molecule has 46 heavy (non-hydrogen) atoms. The van der Waals surface area contributed by atoms with Crippen LogP contribution in [0, 0.1) is 11.8 Å². The van der Waals surface area contributed by atoms with Crippen molar-refractivity contribution in [2.75, 3.05) is 6.54 Å². The second-order valence-electron chi connectivity index (χ2n) is 12.8. The van der Waals surface area contributed by atoms with Crippen LogP contribution in [-0.2, 0) is 41.7 Å². The number of rotatable bonds is 15. The number of nitrogens with two attached hydrogens (primary N) is 1. The Morgan fingerprint density at radius 1 is 0.783 bits per heavy atom. The van der Waals surface area contributed by atoms with E-state index in [9.17, 15) is 24.0 Å². The van der Waals surface area contributed by atoms with Gasteiger partial charge in [0, 0.05) is 19.4 Å². The molecule has 10 heteroatoms. The molecule has 0 aromatic heterocycles. The van der Waals surface area contributed by atoms with Gasteiger partial charge in [-0.15, -0.1) is 5.06 Å². The number of carbonyl (C=O) groups is 5. The Labute approximate surface area is 273 Å². The van der Waals surface area contributed by atoms with Crippen molar-refractivity contribution < 1.29 is 33.9 Å². The number of amides is 3. The van der Waals surface area contributed by atoms with Crippen LogP contribution in [0.3, 0.4) is 0 Å². The van der Waals surface area contributed by atoms with E-state index in [2.05, 4.69) is 45.1 Å². The number of imide groups is 1. The fourth-order valence-electron chi connectivity index (χ4n) is 4.92. The van der Waals surface area contributed by atoms with Crippen LogP contribution in [-0.4, -0.2) is 52.4 Å². The Hall–Kier alpha value is -4.05. The van der Waals surface area contributed by atoms with Gasteiger partial charge in [-0.1, -0.05) is 76.2 Å². The maximum Gasteiger partial charge on any atom is 0.340 e. The van der Waals surface area contributed by atoms with Crippen molar-refractivity contribution in [2.45, 2.75) is 104 Å². The number of carboxylic acid groups (broad SMARTS) is 1. The van der Waals surface area contributed by atoms with Gasteiger partial charge in [0.15, 0.2) is 0 Å². The first-order valence-corrected chi connectivity index (χ1v) is 16.2. The minimum absolute atomic E-state index is 0.00542. The van der Waals surface area contributed by atoms with Gasteiger partial charge in [-0.05, 0) is 80.0 Å². The fraction of sp³-hybridized carbons (Fsp3) is 0.528. The summed E-state index contributed by atoms with van der Waals surface area (Å²) in [6.45, 7) is 12.8. The highest BCUT2D eigenvalue weighted by Gasteiger charge is 2.34. The first kappa shape index (κ1) is 38.1. The van der Waals surface area contributed by atoms with Gasteiger partial charge in [-0.3, -0.25) is 19.2 Å². The average molecular weight is 638 g/mol. The van der Waals surface area contributed by atoms with E-state index in [0.29, 0.717) is 36.3 Å². The molecule has 3 rings (SSSR count). The van der Waals surface area contributed by atoms with Crippen molar-refractivity contribution in [2.24, 2.45) is 17.6 Å². The number of carboxylic acids is 1. The topological polar surface area (TPSA) is 156 Å². The molecule has 2 aromatic carbocycles. The lowest BCUT2D eigenvalue weighted by molar-refractivity contribution is -0.198. The largest absolute Gasteiger partial charge is 0.480 e. The predicted molar refractivity (Wildman–Crippen MR) is 176 cm³/mol. The molecule has 1 heterocycles. The van der Waals surface area contributed by atoms with Crippen LogP contribution in [0.25, 0.3) is 0 Å². The third kappa shape index (κ3) is 12.7. The lowest BCUT2D eigenvalue weighted by atomic mass is 9.96. The maximum atomic E-state index is 12.2. The number of nitrogens with one attached hydrogen (secondary N) is 1. The minimum Gasteiger partial charge on any atom is -0.480 e. The fourth-order valence-corrected chi connectivity index (χ4v) is 4.92. The molecule has 0 spiro atoms. The van der Waals surface area contributed by atoms with Gasteiger partial charge in [0.25, 0.3) is 11.8 Å². The molecule has 1 saturated heterocycles. The third-order valence-electron chi connectivity index (χ3n) is 7.74. The molecule has 0 aliphatic carbocycles. The van der Waals surface area contributed by atoms with Crippen LogP contribution in [0.15, 0.2) is 48.5 Å². The van der Waals surface area contributed by atoms with Crippen molar-refractivity contribution in [1.82, 2.24) is 10.4 Å². The second kappa shape index (κ2) is 18.8. The van der Waals surface area contributed by atoms with E-state index in [1.807, 2.05) is 43.3 Å². The van der Waals surface area contributed by atoms with Gasteiger partial charge in [-0.2, -0.15) is 0 Å². The number of unbranched alkanes of at least 4 members (excludes halogenated alkanes) is 1. The van der Waals surface area contributed by atoms with E-state index < -0.39 is 35.7 Å². The Bertz CT molecular complexity index is 1290. The molecule has 0 radical (unpaired) electrons. The van der Waals surface area contributed by atoms with E-state index in [4.69, 9.17) is 15.7 Å². The monoisotopic (exact) mass is 637 g/mol. The van der Waals surface area contributed by atoms with Gasteiger partial charge in [0.1, 0.15) is 6.04 Å². The molecule has 0 saturated carbocycles. The van der Waals surface area contributed by atoms with Crippen LogP contribution in [0.4, 0.5) is 0 Å². The normalized spacial score (nSPS) is 14.8. The number of hydrogen-bond donors (Lipinski definition) is 3. The van der Waals surface area contributed by atoms with E-state index in [-0.39, 0.29) is 24.7 Å². The number of benzene rings is 2. The summed E-state index contributed by atoms with van der Waals surface area (Å²) in [6, 6.07) is 15.2. The smallest absolute Gasteiger partial charge is 0.340 e. The summed E-state index contributed by atoms with van der Waals surface area (Å²) in [5.74, 6) is -2.04. The zero-order chi connectivity index (χ0) is 34.4. The molecule has 10 nitrogen and oxygen atoms in total. The van der Waals surface area contributed by atoms with Crippen molar-refractivity contribution in [3.05, 3.63) is 70.8 Å². The van der Waals surface area contributed by atoms with Crippen LogP contribution in [0.5, 0.6) is 0 Å². The van der Waals surface area contributed by atoms with Crippen molar-refractivity contribution in [3.8, 4) is 0 Å². The Morgan fingerprint density at radius 3 is 1.67 bits per heavy atom. The highest BCUT2D eigenvalue weighted by molar-refractivity contribution is 6.01. The van der Waals surface area contributed by atoms with Crippen LogP contribution >= 0.6 is 0 Å². The highest BCUT2D eigenvalue weighted by Crippen LogP contribution is 2.22. The van der Waals surface area contributed by atoms with Crippen molar-refractivity contribution in [3.63, 3.8) is 0 Å². The minimum atomic E-state index is -0.978. The molecule has 1 aliphatic heterocycles. The number of hydrogen-bond acceptors (Lipinski definition) is 7. The summed E-state index contributed by atoms with van der Waals surface area (Å²) in [6.07, 6.45) is 4.07. The number of carbonyl (C=O) groups excluding carboxylic acids is 4. The quantitative estimate of drug-likeness (QED) is 0.176. The van der Waals surface area contributed by atoms with Gasteiger partial charge in [-0.25, -0.2) is 4.79 Å². The van der Waals surface area contributed by atoms with Crippen LogP contribution < -0.4 is 11.1 Å². The van der Waals surface area contributed by atoms with Crippen molar-refractivity contribution >= 4 is 29.7 Å². The van der Waals surface area contributed by atoms with Crippen LogP contribution in [0.1, 0.15) is 108 Å². The zero-order valence-corrected chi connectivity index (χ0v) is 28.1. The van der Waals surface area contributed by atoms with Gasteiger partial charge < -0.3 is 21.0 Å². The molecule has 1 fully saturated rings. The summed E-state index contributed by atoms with van der Waals surface area (Å²) in [5.41, 5.74) is 9.75. The van der Waals surface area contributed by atoms with Gasteiger partial charge >= 0.3 is 11.9 Å². The molecule has 1 aliphatic rings. The molecular formula is C36H51N3O7. The highest BCUT2D eigenvalue weighted by atomic mass is 16.7. The molecule has 2 aromatic rings. The van der Waals surface area contributed by atoms with E-state index in [1.54, 1.807) is 6.92 Å². The summed E-state index contributed by atoms with van der Waals surface area (Å²) >= 11 is 0. The lowest BCUT2D eigenvalue weighted by Gasteiger charge is -2.16. The summed E-state index contributed by atoms with van der Waals surface area (Å²) in [7, 11) is 0. The summed E-state index contributed by atoms with van der Waals surface area (Å²) in [5, 5.41) is 12.2. The molecule has 3 unspecified atom stereocenters. The summed E-state index contributed by atoms with van der Waals surface area (Å²) in [4.78, 5) is 62.7. The summed E-state index contributed by atoms with van der Waals surface area (Å²) < 4.78 is 0. The third-order valence-corrected chi connectivity index (χ3v) is 7.74. The van der Waals surface area contributed by atoms with E-state index in [0.717, 1.165) is 30.4 Å². The SMILES string of the molecule is CC(C)Cc1ccc(C(C)C(=O)NCCCCC(N)C(=O)O)cc1.CC(C)Cc1ccc(C(C)C(=O)ON2C(=O)CCC2=O)cc1.